The van der Waals surface area contributed by atoms with Crippen molar-refractivity contribution in [2.45, 2.75) is 63.3 Å². The molecule has 0 heterocycles. The van der Waals surface area contributed by atoms with Gasteiger partial charge in [0.25, 0.3) is 5.91 Å². The van der Waals surface area contributed by atoms with Gasteiger partial charge in [-0.25, -0.2) is 4.39 Å². The summed E-state index contributed by atoms with van der Waals surface area (Å²) in [5.74, 6) is -5.09. The smallest absolute Gasteiger partial charge is 0.252 e. The largest absolute Gasteiger partial charge is 0.510 e. The highest BCUT2D eigenvalue weighted by atomic mass is 19.1. The highest BCUT2D eigenvalue weighted by Gasteiger charge is 2.60. The van der Waals surface area contributed by atoms with Crippen molar-refractivity contribution in [2.75, 3.05) is 14.1 Å². The zero-order valence-corrected chi connectivity index (χ0v) is 22.6. The van der Waals surface area contributed by atoms with E-state index in [-0.39, 0.29) is 58.5 Å². The number of nitrogens with two attached hydrogens (primary N) is 1. The van der Waals surface area contributed by atoms with Gasteiger partial charge in [0.1, 0.15) is 23.1 Å². The van der Waals surface area contributed by atoms with Gasteiger partial charge in [-0.1, -0.05) is 6.58 Å². The number of hydrogen-bond donors (Lipinski definition) is 6. The van der Waals surface area contributed by atoms with Gasteiger partial charge < -0.3 is 31.5 Å². The molecular weight excluding hydrogens is 505 g/mol. The number of phenols is 1. The Morgan fingerprint density at radius 1 is 1.28 bits per heavy atom. The average Bonchev–Trinajstić information content (AvgIpc) is 3.68. The summed E-state index contributed by atoms with van der Waals surface area (Å²) in [4.78, 5) is 27.5. The summed E-state index contributed by atoms with van der Waals surface area (Å²) in [6, 6.07) is 0.287. The van der Waals surface area contributed by atoms with E-state index in [1.54, 1.807) is 19.0 Å². The second kappa shape index (κ2) is 8.90. The van der Waals surface area contributed by atoms with Gasteiger partial charge in [-0.2, -0.15) is 0 Å². The average molecular weight is 542 g/mol. The number of rotatable bonds is 6. The van der Waals surface area contributed by atoms with E-state index in [9.17, 15) is 30.0 Å². The van der Waals surface area contributed by atoms with E-state index >= 15 is 4.39 Å². The predicted molar refractivity (Wildman–Crippen MR) is 141 cm³/mol. The highest BCUT2D eigenvalue weighted by Crippen LogP contribution is 2.55. The van der Waals surface area contributed by atoms with E-state index < -0.39 is 58.1 Å². The molecule has 1 aromatic rings. The first kappa shape index (κ1) is 27.4. The molecule has 4 atom stereocenters. The van der Waals surface area contributed by atoms with Crippen molar-refractivity contribution in [3.63, 3.8) is 0 Å². The molecule has 1 saturated carbocycles. The minimum absolute atomic E-state index is 0.00786. The number of carbonyl (C=O) groups is 2. The number of nitrogens with one attached hydrogen (secondary N) is 1. The number of allylic oxidation sites excluding steroid dienone is 1. The van der Waals surface area contributed by atoms with Crippen LogP contribution in [0.2, 0.25) is 0 Å². The lowest BCUT2D eigenvalue weighted by molar-refractivity contribution is -0.115. The molecular formula is C29H36FN3O6. The van der Waals surface area contributed by atoms with Crippen LogP contribution in [0.15, 0.2) is 40.9 Å². The van der Waals surface area contributed by atoms with E-state index in [4.69, 9.17) is 5.73 Å². The summed E-state index contributed by atoms with van der Waals surface area (Å²) in [6.07, 6.45) is 2.26. The molecule has 1 amide bonds. The van der Waals surface area contributed by atoms with E-state index in [0.717, 1.165) is 12.8 Å². The maximum Gasteiger partial charge on any atom is 0.252 e. The van der Waals surface area contributed by atoms with Gasteiger partial charge in [0.05, 0.1) is 17.2 Å². The molecule has 4 aliphatic carbocycles. The molecule has 0 saturated heterocycles. The SMILES string of the molecule is C=C1C(C(N)=O)=C(O)[C@@H](N(C)C)C2C[C@@H]3Cc4c(F)c(CNC(C)(C)C5CC5)cc(O)c4C(=O)C3=C(O)[C@]12O. The molecule has 0 spiro atoms. The van der Waals surface area contributed by atoms with Crippen LogP contribution in [0.5, 0.6) is 5.75 Å². The quantitative estimate of drug-likeness (QED) is 0.321. The number of likely N-dealkylation sites (N-methyl/N-ethyl adjacent to an activating group) is 1. The van der Waals surface area contributed by atoms with Crippen LogP contribution in [0.25, 0.3) is 0 Å². The molecule has 7 N–H and O–H groups in total. The highest BCUT2D eigenvalue weighted by molar-refractivity contribution is 6.13. The monoisotopic (exact) mass is 541 g/mol. The number of amides is 1. The van der Waals surface area contributed by atoms with Gasteiger partial charge >= 0.3 is 0 Å². The second-order valence-electron chi connectivity index (χ2n) is 12.2. The number of halogens is 1. The third-order valence-electron chi connectivity index (χ3n) is 9.25. The summed E-state index contributed by atoms with van der Waals surface area (Å²) >= 11 is 0. The van der Waals surface area contributed by atoms with Crippen LogP contribution < -0.4 is 11.1 Å². The standard InChI is InChI=1S/C29H36FN3O6/c1-12-19(27(31)38)25(36)23(33(4)5)17-9-13-8-16-21(24(35)20(13)26(37)29(12,17)39)18(34)10-14(22(16)30)11-32-28(2,3)15-6-7-15/h10,13,15,17,23,32,34,36-37,39H,1,6-9,11H2,2-5H3,(H2,31,38)/t13-,17?,23-,29-/m0/s1. The molecule has 1 unspecified atom stereocenters. The van der Waals surface area contributed by atoms with Crippen molar-refractivity contribution >= 4 is 11.7 Å². The molecule has 210 valence electrons. The Bertz CT molecular complexity index is 1380. The normalized spacial score (nSPS) is 28.9. The maximum atomic E-state index is 15.9. The predicted octanol–water partition coefficient (Wildman–Crippen LogP) is 2.53. The first-order chi connectivity index (χ1) is 18.1. The molecule has 1 fully saturated rings. The number of aromatic hydroxyl groups is 1. The fourth-order valence-corrected chi connectivity index (χ4v) is 6.92. The van der Waals surface area contributed by atoms with Crippen molar-refractivity contribution in [3.8, 4) is 5.75 Å². The number of phenolic OH excluding ortho intramolecular Hbond substituents is 1. The first-order valence-corrected chi connectivity index (χ1v) is 13.2. The van der Waals surface area contributed by atoms with Crippen LogP contribution in [0, 0.1) is 23.6 Å². The lowest BCUT2D eigenvalue weighted by Gasteiger charge is -2.52. The first-order valence-electron chi connectivity index (χ1n) is 13.2. The van der Waals surface area contributed by atoms with Gasteiger partial charge in [0.15, 0.2) is 11.4 Å². The Kier molecular flexibility index (Phi) is 6.25. The Morgan fingerprint density at radius 2 is 1.92 bits per heavy atom. The second-order valence-corrected chi connectivity index (χ2v) is 12.2. The molecule has 5 rings (SSSR count). The molecule has 1 aromatic carbocycles. The van der Waals surface area contributed by atoms with E-state index in [1.807, 2.05) is 0 Å². The van der Waals surface area contributed by atoms with Crippen LogP contribution in [0.4, 0.5) is 4.39 Å². The lowest BCUT2D eigenvalue weighted by Crippen LogP contribution is -2.60. The van der Waals surface area contributed by atoms with Crippen molar-refractivity contribution in [1.29, 1.82) is 0 Å². The van der Waals surface area contributed by atoms with Crippen molar-refractivity contribution < 1.29 is 34.4 Å². The fourth-order valence-electron chi connectivity index (χ4n) is 6.92. The summed E-state index contributed by atoms with van der Waals surface area (Å²) in [5, 5.41) is 48.5. The minimum Gasteiger partial charge on any atom is -0.510 e. The van der Waals surface area contributed by atoms with Crippen LogP contribution in [-0.2, 0) is 17.8 Å². The molecule has 4 aliphatic rings. The van der Waals surface area contributed by atoms with Crippen LogP contribution >= 0.6 is 0 Å². The Morgan fingerprint density at radius 3 is 2.49 bits per heavy atom. The van der Waals surface area contributed by atoms with Gasteiger partial charge in [0.2, 0.25) is 0 Å². The molecule has 0 radical (unpaired) electrons. The Hall–Kier alpha value is -3.21. The van der Waals surface area contributed by atoms with E-state index in [2.05, 4.69) is 25.7 Å². The number of hydrogen-bond acceptors (Lipinski definition) is 8. The number of ketones is 1. The number of aliphatic hydroxyl groups excluding tert-OH is 2. The lowest BCUT2D eigenvalue weighted by atomic mass is 9.57. The molecule has 10 heteroatoms. The van der Waals surface area contributed by atoms with Gasteiger partial charge in [-0.15, -0.1) is 0 Å². The van der Waals surface area contributed by atoms with Crippen LogP contribution in [0.3, 0.4) is 0 Å². The van der Waals surface area contributed by atoms with Gasteiger partial charge in [-0.3, -0.25) is 14.5 Å². The number of benzene rings is 1. The van der Waals surface area contributed by atoms with E-state index in [1.165, 1.54) is 6.07 Å². The number of primary amides is 1. The number of carbonyl (C=O) groups excluding carboxylic acids is 2. The minimum atomic E-state index is -2.28. The summed E-state index contributed by atoms with van der Waals surface area (Å²) < 4.78 is 15.9. The zero-order valence-electron chi connectivity index (χ0n) is 22.6. The third-order valence-corrected chi connectivity index (χ3v) is 9.25. The van der Waals surface area contributed by atoms with Gasteiger partial charge in [-0.05, 0) is 71.5 Å². The molecule has 0 aromatic heterocycles. The maximum absolute atomic E-state index is 15.9. The molecule has 39 heavy (non-hydrogen) atoms. The number of Topliss-reactive ketones (excluding diaryl/α,β-unsaturated/α-hetero) is 1. The van der Waals surface area contributed by atoms with Crippen molar-refractivity contribution in [3.05, 3.63) is 63.4 Å². The molecule has 0 aliphatic heterocycles. The number of fused-ring (bicyclic) bond motifs is 3. The van der Waals surface area contributed by atoms with Gasteiger partial charge in [0, 0.05) is 40.3 Å². The summed E-state index contributed by atoms with van der Waals surface area (Å²) in [7, 11) is 3.26. The van der Waals surface area contributed by atoms with Crippen molar-refractivity contribution in [2.24, 2.45) is 23.5 Å². The summed E-state index contributed by atoms with van der Waals surface area (Å²) in [5.41, 5.74) is 2.15. The fraction of sp³-hybridized carbons (Fsp3) is 0.517. The number of nitrogens with zero attached hydrogens (tertiary/aromatic N) is 1. The van der Waals surface area contributed by atoms with Crippen LogP contribution in [-0.4, -0.2) is 68.3 Å². The Labute approximate surface area is 226 Å². The topological polar surface area (TPSA) is 156 Å². The molecule has 9 nitrogen and oxygen atoms in total. The summed E-state index contributed by atoms with van der Waals surface area (Å²) in [6.45, 7) is 8.05. The Balaban J connectivity index is 1.60. The number of aliphatic hydroxyl groups is 3. The third kappa shape index (κ3) is 3.91. The van der Waals surface area contributed by atoms with E-state index in [0.29, 0.717) is 5.92 Å². The van der Waals surface area contributed by atoms with Crippen molar-refractivity contribution in [1.82, 2.24) is 10.2 Å². The van der Waals surface area contributed by atoms with Crippen LogP contribution in [0.1, 0.15) is 54.6 Å². The molecule has 0 bridgehead atoms. The zero-order chi connectivity index (χ0) is 28.8.